The maximum Gasteiger partial charge on any atom is 0.517 e. The third-order valence-corrected chi connectivity index (χ3v) is 6.26. The zero-order valence-electron chi connectivity index (χ0n) is 16.0. The summed E-state index contributed by atoms with van der Waals surface area (Å²) in [5.74, 6) is -0.676. The predicted octanol–water partition coefficient (Wildman–Crippen LogP) is -0.641. The van der Waals surface area contributed by atoms with E-state index in [1.165, 1.54) is 0 Å². The van der Waals surface area contributed by atoms with Crippen LogP contribution in [0.4, 0.5) is 4.79 Å². The number of likely N-dealkylation sites (tertiary alicyclic amines) is 1. The van der Waals surface area contributed by atoms with Crippen LogP contribution in [0.15, 0.2) is 0 Å². The van der Waals surface area contributed by atoms with Crippen LogP contribution >= 0.6 is 0 Å². The van der Waals surface area contributed by atoms with Crippen molar-refractivity contribution in [1.82, 2.24) is 14.7 Å². The Hall–Kier alpha value is -1.91. The summed E-state index contributed by atoms with van der Waals surface area (Å²) in [5.41, 5.74) is 5.56. The summed E-state index contributed by atoms with van der Waals surface area (Å²) < 4.78 is 6.03. The van der Waals surface area contributed by atoms with Crippen molar-refractivity contribution in [3.05, 3.63) is 0 Å². The lowest BCUT2D eigenvalue weighted by molar-refractivity contribution is -0.852. The van der Waals surface area contributed by atoms with Gasteiger partial charge in [0.2, 0.25) is 6.23 Å². The first kappa shape index (κ1) is 19.8. The molecule has 3 aliphatic heterocycles. The molecule has 3 fully saturated rings. The molecule has 0 bridgehead atoms. The number of rotatable bonds is 5. The number of nitrogens with one attached hydrogen (secondary N) is 1. The molecule has 10 heteroatoms. The minimum absolute atomic E-state index is 0.0961. The van der Waals surface area contributed by atoms with Gasteiger partial charge in [-0.15, -0.1) is 0 Å². The topological polar surface area (TPSA) is 123 Å². The highest BCUT2D eigenvalue weighted by Gasteiger charge is 2.53. The number of cyclic esters (lactones) is 1. The number of guanidine groups is 1. The summed E-state index contributed by atoms with van der Waals surface area (Å²) in [6.45, 7) is 5.75. The summed E-state index contributed by atoms with van der Waals surface area (Å²) in [5, 5.41) is 16.4. The van der Waals surface area contributed by atoms with E-state index in [0.717, 1.165) is 39.0 Å². The Bertz CT molecular complexity index is 586. The van der Waals surface area contributed by atoms with Crippen molar-refractivity contribution in [3.63, 3.8) is 0 Å². The summed E-state index contributed by atoms with van der Waals surface area (Å²) in [6, 6.07) is 0.190. The number of piperazine rings is 1. The van der Waals surface area contributed by atoms with E-state index in [9.17, 15) is 9.59 Å². The van der Waals surface area contributed by atoms with Gasteiger partial charge in [0.1, 0.15) is 12.6 Å². The van der Waals surface area contributed by atoms with Crippen molar-refractivity contribution >= 4 is 18.0 Å². The summed E-state index contributed by atoms with van der Waals surface area (Å²) in [6.07, 6.45) is 1.41. The predicted molar refractivity (Wildman–Crippen MR) is 98.1 cm³/mol. The molecule has 0 saturated carbocycles. The van der Waals surface area contributed by atoms with Gasteiger partial charge in [0, 0.05) is 58.7 Å². The van der Waals surface area contributed by atoms with Crippen LogP contribution in [0.2, 0.25) is 0 Å². The second kappa shape index (κ2) is 7.99. The van der Waals surface area contributed by atoms with Gasteiger partial charge >= 0.3 is 12.1 Å². The number of carboxylic acids is 1. The maximum absolute atomic E-state index is 12.7. The third kappa shape index (κ3) is 4.33. The maximum atomic E-state index is 12.7. The highest BCUT2D eigenvalue weighted by atomic mass is 16.6. The first-order chi connectivity index (χ1) is 12.8. The number of ether oxygens (including phenoxy) is 1. The zero-order chi connectivity index (χ0) is 19.6. The van der Waals surface area contributed by atoms with E-state index in [-0.39, 0.29) is 35.2 Å². The normalized spacial score (nSPS) is 31.1. The average molecular weight is 383 g/mol. The fourth-order valence-corrected chi connectivity index (χ4v) is 4.37. The van der Waals surface area contributed by atoms with Gasteiger partial charge in [-0.2, -0.15) is 4.79 Å². The quantitative estimate of drug-likeness (QED) is 0.325. The third-order valence-electron chi connectivity index (χ3n) is 6.26. The molecule has 0 aromatic rings. The van der Waals surface area contributed by atoms with Crippen molar-refractivity contribution in [2.75, 3.05) is 59.4 Å². The molecule has 152 valence electrons. The Morgan fingerprint density at radius 3 is 2.44 bits per heavy atom. The molecule has 3 aliphatic rings. The van der Waals surface area contributed by atoms with Crippen LogP contribution in [0.3, 0.4) is 0 Å². The van der Waals surface area contributed by atoms with Crippen molar-refractivity contribution in [2.45, 2.75) is 31.5 Å². The fourth-order valence-electron chi connectivity index (χ4n) is 4.37. The van der Waals surface area contributed by atoms with Crippen LogP contribution in [0, 0.1) is 5.41 Å². The fraction of sp³-hybridized carbons (Fsp3) is 0.824. The number of hydrogen-bond acceptors (Lipinski definition) is 6. The zero-order valence-corrected chi connectivity index (χ0v) is 16.0. The van der Waals surface area contributed by atoms with E-state index >= 15 is 0 Å². The van der Waals surface area contributed by atoms with Gasteiger partial charge in [-0.1, -0.05) is 0 Å². The number of likely N-dealkylation sites (N-methyl/N-ethyl adjacent to an activating group) is 1. The lowest BCUT2D eigenvalue weighted by atomic mass is 10.0. The Labute approximate surface area is 159 Å². The summed E-state index contributed by atoms with van der Waals surface area (Å²) in [4.78, 5) is 29.6. The standard InChI is InChI=1S/C17H30N6O4/c1-23(13-2-6-22(7-3-13)16(18)19)12-14(27-17(23)26)21-10-8-20(9-11-21)5-4-15(24)25/h13-14H,2-12H2,1H3,(H3-,18,19,24,25)/p+1. The highest BCUT2D eigenvalue weighted by molar-refractivity contribution is 5.74. The Morgan fingerprint density at radius 1 is 1.26 bits per heavy atom. The molecule has 0 aromatic carbocycles. The number of piperidine rings is 1. The molecular formula is C17H31N6O4+. The van der Waals surface area contributed by atoms with E-state index in [2.05, 4.69) is 9.80 Å². The summed E-state index contributed by atoms with van der Waals surface area (Å²) in [7, 11) is 1.96. The SMILES string of the molecule is C[N+]1(C2CCN(C(=N)N)CC2)CC(N2CCN(CCC(=O)O)CC2)OC1=O. The Balaban J connectivity index is 1.52. The van der Waals surface area contributed by atoms with Crippen LogP contribution in [-0.4, -0.2) is 114 Å². The van der Waals surface area contributed by atoms with Crippen molar-refractivity contribution in [1.29, 1.82) is 5.41 Å². The molecule has 2 atom stereocenters. The first-order valence-electron chi connectivity index (χ1n) is 9.63. The van der Waals surface area contributed by atoms with E-state index < -0.39 is 5.97 Å². The van der Waals surface area contributed by atoms with Gasteiger partial charge in [-0.05, 0) is 0 Å². The van der Waals surface area contributed by atoms with E-state index in [1.54, 1.807) is 0 Å². The van der Waals surface area contributed by atoms with Crippen molar-refractivity contribution in [3.8, 4) is 0 Å². The van der Waals surface area contributed by atoms with Crippen molar-refractivity contribution < 1.29 is 23.9 Å². The molecule has 4 N–H and O–H groups in total. The molecule has 1 amide bonds. The van der Waals surface area contributed by atoms with Crippen LogP contribution in [0.1, 0.15) is 19.3 Å². The molecule has 3 saturated heterocycles. The number of nitrogens with two attached hydrogens (primary N) is 1. The van der Waals surface area contributed by atoms with Gasteiger partial charge in [0.25, 0.3) is 0 Å². The molecule has 0 radical (unpaired) electrons. The molecule has 3 heterocycles. The largest absolute Gasteiger partial charge is 0.517 e. The van der Waals surface area contributed by atoms with Crippen LogP contribution < -0.4 is 5.73 Å². The van der Waals surface area contributed by atoms with E-state index in [4.69, 9.17) is 21.0 Å². The summed E-state index contributed by atoms with van der Waals surface area (Å²) >= 11 is 0. The molecular weight excluding hydrogens is 352 g/mol. The minimum atomic E-state index is -0.772. The number of amides is 1. The van der Waals surface area contributed by atoms with Crippen LogP contribution in [0.25, 0.3) is 0 Å². The molecule has 27 heavy (non-hydrogen) atoms. The van der Waals surface area contributed by atoms with Gasteiger partial charge in [0.15, 0.2) is 5.96 Å². The van der Waals surface area contributed by atoms with Crippen LogP contribution in [-0.2, 0) is 9.53 Å². The van der Waals surface area contributed by atoms with Gasteiger partial charge in [-0.25, -0.2) is 4.48 Å². The van der Waals surface area contributed by atoms with E-state index in [1.807, 2.05) is 11.9 Å². The van der Waals surface area contributed by atoms with Crippen molar-refractivity contribution in [2.24, 2.45) is 5.73 Å². The number of quaternary nitrogens is 1. The smallest absolute Gasteiger partial charge is 0.481 e. The van der Waals surface area contributed by atoms with Crippen LogP contribution in [0.5, 0.6) is 0 Å². The lowest BCUT2D eigenvalue weighted by Crippen LogP contribution is -2.59. The number of carboxylic acid groups (broad SMARTS) is 1. The van der Waals surface area contributed by atoms with Gasteiger partial charge in [0.05, 0.1) is 13.5 Å². The molecule has 3 rings (SSSR count). The second-order valence-corrected chi connectivity index (χ2v) is 7.91. The minimum Gasteiger partial charge on any atom is -0.481 e. The lowest BCUT2D eigenvalue weighted by Gasteiger charge is -2.40. The number of carbonyl (C=O) groups is 2. The highest BCUT2D eigenvalue weighted by Crippen LogP contribution is 2.30. The van der Waals surface area contributed by atoms with E-state index in [0.29, 0.717) is 26.2 Å². The van der Waals surface area contributed by atoms with Gasteiger partial charge < -0.3 is 25.4 Å². The second-order valence-electron chi connectivity index (χ2n) is 7.91. The number of aliphatic carboxylic acids is 1. The molecule has 0 aliphatic carbocycles. The first-order valence-corrected chi connectivity index (χ1v) is 9.63. The number of hydrogen-bond donors (Lipinski definition) is 3. The average Bonchev–Trinajstić information content (AvgIpc) is 2.96. The Morgan fingerprint density at radius 2 is 1.89 bits per heavy atom. The monoisotopic (exact) mass is 383 g/mol. The number of carbonyl (C=O) groups excluding carboxylic acids is 1. The van der Waals surface area contributed by atoms with Gasteiger partial charge in [-0.3, -0.25) is 15.1 Å². The molecule has 0 spiro atoms. The Kier molecular flexibility index (Phi) is 5.87. The molecule has 0 aromatic heterocycles. The molecule has 10 nitrogen and oxygen atoms in total. The molecule has 2 unspecified atom stereocenters. The number of nitrogens with zero attached hydrogens (tertiary/aromatic N) is 4.